The molecular weight excluding hydrogens is 210 g/mol. The van der Waals surface area contributed by atoms with Gasteiger partial charge in [-0.25, -0.2) is 0 Å². The van der Waals surface area contributed by atoms with Crippen LogP contribution in [0.25, 0.3) is 11.0 Å². The number of hydrogen-bond donors (Lipinski definition) is 1. The van der Waals surface area contributed by atoms with Gasteiger partial charge in [0.15, 0.2) is 0 Å². The lowest BCUT2D eigenvalue weighted by Gasteiger charge is -2.27. The Morgan fingerprint density at radius 1 is 1.24 bits per heavy atom. The van der Waals surface area contributed by atoms with Gasteiger partial charge in [0.25, 0.3) is 0 Å². The summed E-state index contributed by atoms with van der Waals surface area (Å²) >= 11 is 0. The van der Waals surface area contributed by atoms with Crippen molar-refractivity contribution < 1.29 is 4.42 Å². The number of furan rings is 1. The van der Waals surface area contributed by atoms with Crippen LogP contribution < -0.4 is 5.32 Å². The Bertz CT molecular complexity index is 514. The predicted octanol–water partition coefficient (Wildman–Crippen LogP) is 3.42. The molecule has 2 nitrogen and oxygen atoms in total. The molecule has 1 aromatic carbocycles. The summed E-state index contributed by atoms with van der Waals surface area (Å²) in [7, 11) is 0. The van der Waals surface area contributed by atoms with Crippen LogP contribution in [0.1, 0.15) is 31.4 Å². The average Bonchev–Trinajstić information content (AvgIpc) is 2.96. The molecule has 1 saturated carbocycles. The standard InChI is InChI=1S/C15H17NO/c1-2-5-13-11(4-1)10-14(17-13)15(12-6-7-12)8-3-9-16-15/h1-2,4-5,10,12,16H,3,6-9H2. The van der Waals surface area contributed by atoms with Gasteiger partial charge in [0, 0.05) is 5.39 Å². The lowest BCUT2D eigenvalue weighted by atomic mass is 9.88. The largest absolute Gasteiger partial charge is 0.459 e. The van der Waals surface area contributed by atoms with Crippen molar-refractivity contribution in [3.63, 3.8) is 0 Å². The second kappa shape index (κ2) is 3.36. The summed E-state index contributed by atoms with van der Waals surface area (Å²) in [6, 6.07) is 10.6. The number of fused-ring (bicyclic) bond motifs is 1. The van der Waals surface area contributed by atoms with Crippen LogP contribution >= 0.6 is 0 Å². The van der Waals surface area contributed by atoms with Crippen molar-refractivity contribution in [1.29, 1.82) is 0 Å². The van der Waals surface area contributed by atoms with Crippen LogP contribution in [-0.2, 0) is 5.54 Å². The van der Waals surface area contributed by atoms with Gasteiger partial charge in [-0.1, -0.05) is 18.2 Å². The second-order valence-electron chi connectivity index (χ2n) is 5.42. The Hall–Kier alpha value is -1.28. The van der Waals surface area contributed by atoms with E-state index in [1.165, 1.54) is 36.8 Å². The van der Waals surface area contributed by atoms with Crippen molar-refractivity contribution in [1.82, 2.24) is 5.32 Å². The zero-order valence-corrected chi connectivity index (χ0v) is 9.91. The van der Waals surface area contributed by atoms with Gasteiger partial charge < -0.3 is 9.73 Å². The highest BCUT2D eigenvalue weighted by Gasteiger charge is 2.50. The Morgan fingerprint density at radius 3 is 2.82 bits per heavy atom. The molecule has 1 aliphatic carbocycles. The number of nitrogens with one attached hydrogen (secondary N) is 1. The minimum atomic E-state index is 0.152. The Labute approximate surface area is 101 Å². The van der Waals surface area contributed by atoms with E-state index in [1.54, 1.807) is 0 Å². The maximum Gasteiger partial charge on any atom is 0.134 e. The molecule has 2 aliphatic rings. The van der Waals surface area contributed by atoms with Gasteiger partial charge in [-0.3, -0.25) is 0 Å². The summed E-state index contributed by atoms with van der Waals surface area (Å²) < 4.78 is 6.09. The molecule has 0 spiro atoms. The quantitative estimate of drug-likeness (QED) is 0.850. The minimum Gasteiger partial charge on any atom is -0.459 e. The molecule has 0 bridgehead atoms. The summed E-state index contributed by atoms with van der Waals surface area (Å²) in [5, 5.41) is 4.95. The maximum atomic E-state index is 6.09. The third-order valence-corrected chi connectivity index (χ3v) is 4.33. The monoisotopic (exact) mass is 227 g/mol. The Kier molecular flexibility index (Phi) is 1.92. The number of hydrogen-bond acceptors (Lipinski definition) is 2. The third-order valence-electron chi connectivity index (χ3n) is 4.33. The van der Waals surface area contributed by atoms with Crippen LogP contribution in [-0.4, -0.2) is 6.54 Å². The molecule has 17 heavy (non-hydrogen) atoms. The Balaban J connectivity index is 1.86. The summed E-state index contributed by atoms with van der Waals surface area (Å²) in [4.78, 5) is 0. The molecular formula is C15H17NO. The molecule has 1 unspecified atom stereocenters. The summed E-state index contributed by atoms with van der Waals surface area (Å²) in [6.07, 6.45) is 5.21. The number of para-hydroxylation sites is 1. The number of rotatable bonds is 2. The first-order valence-corrected chi connectivity index (χ1v) is 6.63. The van der Waals surface area contributed by atoms with E-state index in [2.05, 4.69) is 29.6 Å². The normalized spacial score (nSPS) is 28.9. The third kappa shape index (κ3) is 1.37. The molecule has 0 amide bonds. The van der Waals surface area contributed by atoms with Crippen molar-refractivity contribution in [3.05, 3.63) is 36.1 Å². The van der Waals surface area contributed by atoms with Crippen molar-refractivity contribution in [2.75, 3.05) is 6.54 Å². The van der Waals surface area contributed by atoms with Gasteiger partial charge in [-0.2, -0.15) is 0 Å². The van der Waals surface area contributed by atoms with Gasteiger partial charge in [0.1, 0.15) is 11.3 Å². The van der Waals surface area contributed by atoms with E-state index in [1.807, 2.05) is 6.07 Å². The molecule has 1 aliphatic heterocycles. The maximum absolute atomic E-state index is 6.09. The molecule has 2 fully saturated rings. The average molecular weight is 227 g/mol. The summed E-state index contributed by atoms with van der Waals surface area (Å²) in [5.41, 5.74) is 1.18. The van der Waals surface area contributed by atoms with E-state index < -0.39 is 0 Å². The van der Waals surface area contributed by atoms with Gasteiger partial charge >= 0.3 is 0 Å². The fourth-order valence-electron chi connectivity index (χ4n) is 3.30. The highest BCUT2D eigenvalue weighted by Crippen LogP contribution is 2.51. The molecule has 2 aromatic rings. The van der Waals surface area contributed by atoms with Crippen LogP contribution in [0.5, 0.6) is 0 Å². The summed E-state index contributed by atoms with van der Waals surface area (Å²) in [6.45, 7) is 1.13. The molecule has 4 rings (SSSR count). The molecule has 1 N–H and O–H groups in total. The van der Waals surface area contributed by atoms with Crippen LogP contribution in [0.2, 0.25) is 0 Å². The highest BCUT2D eigenvalue weighted by atomic mass is 16.3. The molecule has 1 aromatic heterocycles. The van der Waals surface area contributed by atoms with Gasteiger partial charge in [0.2, 0.25) is 0 Å². The van der Waals surface area contributed by atoms with Crippen LogP contribution in [0.4, 0.5) is 0 Å². The van der Waals surface area contributed by atoms with Crippen molar-refractivity contribution in [2.45, 2.75) is 31.2 Å². The first kappa shape index (κ1) is 9.72. The van der Waals surface area contributed by atoms with Crippen molar-refractivity contribution in [2.24, 2.45) is 5.92 Å². The van der Waals surface area contributed by atoms with Gasteiger partial charge in [-0.15, -0.1) is 0 Å². The fourth-order valence-corrected chi connectivity index (χ4v) is 3.30. The van der Waals surface area contributed by atoms with E-state index in [4.69, 9.17) is 4.42 Å². The van der Waals surface area contributed by atoms with E-state index in [-0.39, 0.29) is 5.54 Å². The zero-order chi connectivity index (χ0) is 11.3. The first-order valence-electron chi connectivity index (χ1n) is 6.63. The van der Waals surface area contributed by atoms with E-state index >= 15 is 0 Å². The van der Waals surface area contributed by atoms with Crippen molar-refractivity contribution in [3.8, 4) is 0 Å². The zero-order valence-electron chi connectivity index (χ0n) is 9.91. The van der Waals surface area contributed by atoms with Gasteiger partial charge in [0.05, 0.1) is 5.54 Å². The van der Waals surface area contributed by atoms with E-state index in [9.17, 15) is 0 Å². The second-order valence-corrected chi connectivity index (χ2v) is 5.42. The van der Waals surface area contributed by atoms with E-state index in [0.29, 0.717) is 0 Å². The molecule has 0 radical (unpaired) electrons. The van der Waals surface area contributed by atoms with Gasteiger partial charge in [-0.05, 0) is 50.3 Å². The predicted molar refractivity (Wildman–Crippen MR) is 67.9 cm³/mol. The summed E-state index contributed by atoms with van der Waals surface area (Å²) in [5.74, 6) is 1.96. The SMILES string of the molecule is c1ccc2oc(C3(C4CC4)CCCN3)cc2c1. The lowest BCUT2D eigenvalue weighted by Crippen LogP contribution is -2.38. The van der Waals surface area contributed by atoms with Crippen molar-refractivity contribution >= 4 is 11.0 Å². The first-order chi connectivity index (χ1) is 8.38. The highest BCUT2D eigenvalue weighted by molar-refractivity contribution is 5.78. The van der Waals surface area contributed by atoms with Crippen LogP contribution in [0, 0.1) is 5.92 Å². The van der Waals surface area contributed by atoms with E-state index in [0.717, 1.165) is 18.0 Å². The molecule has 2 heterocycles. The number of benzene rings is 1. The fraction of sp³-hybridized carbons (Fsp3) is 0.467. The smallest absolute Gasteiger partial charge is 0.134 e. The molecule has 88 valence electrons. The molecule has 1 atom stereocenters. The lowest BCUT2D eigenvalue weighted by molar-refractivity contribution is 0.275. The van der Waals surface area contributed by atoms with Crippen LogP contribution in [0.15, 0.2) is 34.7 Å². The van der Waals surface area contributed by atoms with Crippen LogP contribution in [0.3, 0.4) is 0 Å². The molecule has 1 saturated heterocycles. The minimum absolute atomic E-state index is 0.152. The topological polar surface area (TPSA) is 25.2 Å². The Morgan fingerprint density at radius 2 is 2.12 bits per heavy atom. The molecule has 2 heteroatoms.